The number of ketones is 1. The van der Waals surface area contributed by atoms with Crippen molar-refractivity contribution in [3.63, 3.8) is 0 Å². The molecule has 2 rings (SSSR count). The molecule has 0 bridgehead atoms. The minimum atomic E-state index is 0. The number of hydrogen-bond acceptors (Lipinski definition) is 1. The first-order valence-corrected chi connectivity index (χ1v) is 4.53. The van der Waals surface area contributed by atoms with Gasteiger partial charge in [-0.05, 0) is 0 Å². The van der Waals surface area contributed by atoms with Crippen LogP contribution in [0.4, 0.5) is 0 Å². The van der Waals surface area contributed by atoms with E-state index < -0.39 is 0 Å². The second-order valence-electron chi connectivity index (χ2n) is 3.06. The van der Waals surface area contributed by atoms with Gasteiger partial charge >= 0.3 is 0 Å². The number of carbonyl (C=O) groups excluding carboxylic acids is 1. The summed E-state index contributed by atoms with van der Waals surface area (Å²) in [5.74, 6) is 0.0752. The van der Waals surface area contributed by atoms with Crippen molar-refractivity contribution in [2.75, 3.05) is 0 Å². The third kappa shape index (κ3) is 2.56. The summed E-state index contributed by atoms with van der Waals surface area (Å²) >= 11 is 0. The molecule has 0 saturated heterocycles. The number of benzene rings is 2. The minimum absolute atomic E-state index is 0. The molecule has 71 valence electrons. The van der Waals surface area contributed by atoms with Crippen LogP contribution in [0, 0.1) is 0 Å². The summed E-state index contributed by atoms with van der Waals surface area (Å²) in [4.78, 5) is 11.8. The highest BCUT2D eigenvalue weighted by molar-refractivity contribution is 6.08. The van der Waals surface area contributed by atoms with Crippen LogP contribution in [-0.4, -0.2) is 14.2 Å². The van der Waals surface area contributed by atoms with E-state index in [1.165, 1.54) is 0 Å². The monoisotopic (exact) mass is 193 g/mol. The van der Waals surface area contributed by atoms with Crippen LogP contribution in [0.15, 0.2) is 60.7 Å². The highest BCUT2D eigenvalue weighted by Crippen LogP contribution is 2.08. The molecule has 0 saturated carbocycles. The van der Waals surface area contributed by atoms with Gasteiger partial charge in [0.05, 0.1) is 0 Å². The third-order valence-corrected chi connectivity index (χ3v) is 2.07. The molecule has 0 fully saturated rings. The van der Waals surface area contributed by atoms with Crippen LogP contribution < -0.4 is 0 Å². The molecule has 2 heteroatoms. The van der Waals surface area contributed by atoms with Gasteiger partial charge in [-0.3, -0.25) is 4.79 Å². The Labute approximate surface area is 91.3 Å². The third-order valence-electron chi connectivity index (χ3n) is 2.07. The Kier molecular flexibility index (Phi) is 3.87. The standard InChI is InChI=1S/C13H10O.B/c14-13(11-7-3-1-4-8-11)12-9-5-2-6-10-12;/h1-10H;. The topological polar surface area (TPSA) is 17.1 Å². The first kappa shape index (κ1) is 11.3. The van der Waals surface area contributed by atoms with Crippen molar-refractivity contribution in [1.82, 2.24) is 0 Å². The molecule has 0 aliphatic rings. The molecular formula is C13H10BO. The Hall–Kier alpha value is -1.83. The lowest BCUT2D eigenvalue weighted by Gasteiger charge is -1.99. The van der Waals surface area contributed by atoms with Gasteiger partial charge in [0.25, 0.3) is 0 Å². The summed E-state index contributed by atoms with van der Waals surface area (Å²) in [7, 11) is 0. The molecule has 0 heterocycles. The molecule has 0 amide bonds. The van der Waals surface area contributed by atoms with E-state index in [-0.39, 0.29) is 14.2 Å². The van der Waals surface area contributed by atoms with Gasteiger partial charge in [0, 0.05) is 19.5 Å². The van der Waals surface area contributed by atoms with Crippen molar-refractivity contribution in [2.45, 2.75) is 0 Å². The maximum atomic E-state index is 11.8. The van der Waals surface area contributed by atoms with E-state index in [2.05, 4.69) is 0 Å². The summed E-state index contributed by atoms with van der Waals surface area (Å²) < 4.78 is 0. The Balaban J connectivity index is 0.00000112. The molecular weight excluding hydrogens is 183 g/mol. The van der Waals surface area contributed by atoms with E-state index in [1.807, 2.05) is 60.7 Å². The van der Waals surface area contributed by atoms with E-state index in [1.54, 1.807) is 0 Å². The summed E-state index contributed by atoms with van der Waals surface area (Å²) in [6.07, 6.45) is 0. The largest absolute Gasteiger partial charge is 0.289 e. The average molecular weight is 193 g/mol. The van der Waals surface area contributed by atoms with E-state index >= 15 is 0 Å². The normalized spacial score (nSPS) is 9.07. The second kappa shape index (κ2) is 5.15. The molecule has 0 N–H and O–H groups in total. The van der Waals surface area contributed by atoms with Crippen molar-refractivity contribution in [1.29, 1.82) is 0 Å². The quantitative estimate of drug-likeness (QED) is 0.529. The first-order valence-electron chi connectivity index (χ1n) is 4.53. The lowest BCUT2D eigenvalue weighted by molar-refractivity contribution is 0.103. The fourth-order valence-corrected chi connectivity index (χ4v) is 1.35. The van der Waals surface area contributed by atoms with Crippen molar-refractivity contribution < 1.29 is 4.79 Å². The number of rotatable bonds is 2. The van der Waals surface area contributed by atoms with Crippen LogP contribution in [0.5, 0.6) is 0 Å². The smallest absolute Gasteiger partial charge is 0.193 e. The Bertz CT molecular complexity index is 381. The molecule has 2 aromatic carbocycles. The van der Waals surface area contributed by atoms with Crippen LogP contribution >= 0.6 is 0 Å². The fraction of sp³-hybridized carbons (Fsp3) is 0. The molecule has 0 spiro atoms. The van der Waals surface area contributed by atoms with Crippen LogP contribution in [0.3, 0.4) is 0 Å². The Morgan fingerprint density at radius 1 is 0.667 bits per heavy atom. The van der Waals surface area contributed by atoms with Crippen molar-refractivity contribution in [3.8, 4) is 0 Å². The average Bonchev–Trinajstić information content (AvgIpc) is 2.30. The molecule has 1 nitrogen and oxygen atoms in total. The van der Waals surface area contributed by atoms with Gasteiger partial charge in [-0.25, -0.2) is 0 Å². The molecule has 3 radical (unpaired) electrons. The SMILES string of the molecule is O=C(c1ccccc1)c1ccccc1.[B]. The van der Waals surface area contributed by atoms with Crippen molar-refractivity contribution >= 4 is 14.2 Å². The van der Waals surface area contributed by atoms with E-state index in [0.717, 1.165) is 11.1 Å². The maximum Gasteiger partial charge on any atom is 0.193 e. The molecule has 2 aromatic rings. The van der Waals surface area contributed by atoms with Gasteiger partial charge in [0.15, 0.2) is 5.78 Å². The predicted molar refractivity (Wildman–Crippen MR) is 62.1 cm³/mol. The molecule has 0 unspecified atom stereocenters. The highest BCUT2D eigenvalue weighted by Gasteiger charge is 2.06. The van der Waals surface area contributed by atoms with Gasteiger partial charge in [-0.15, -0.1) is 0 Å². The molecule has 15 heavy (non-hydrogen) atoms. The van der Waals surface area contributed by atoms with Crippen molar-refractivity contribution in [2.24, 2.45) is 0 Å². The van der Waals surface area contributed by atoms with Gasteiger partial charge < -0.3 is 0 Å². The van der Waals surface area contributed by atoms with Crippen molar-refractivity contribution in [3.05, 3.63) is 71.8 Å². The van der Waals surface area contributed by atoms with Crippen LogP contribution in [0.25, 0.3) is 0 Å². The van der Waals surface area contributed by atoms with Crippen LogP contribution in [0.2, 0.25) is 0 Å². The first-order chi connectivity index (χ1) is 6.88. The predicted octanol–water partition coefficient (Wildman–Crippen LogP) is 2.54. The van der Waals surface area contributed by atoms with E-state index in [9.17, 15) is 4.79 Å². The van der Waals surface area contributed by atoms with Gasteiger partial charge in [0.2, 0.25) is 0 Å². The van der Waals surface area contributed by atoms with Gasteiger partial charge in [-0.2, -0.15) is 0 Å². The Morgan fingerprint density at radius 3 is 1.33 bits per heavy atom. The number of hydrogen-bond donors (Lipinski definition) is 0. The summed E-state index contributed by atoms with van der Waals surface area (Å²) in [6.45, 7) is 0. The van der Waals surface area contributed by atoms with Crippen LogP contribution in [-0.2, 0) is 0 Å². The molecule has 0 aliphatic carbocycles. The summed E-state index contributed by atoms with van der Waals surface area (Å²) in [5, 5.41) is 0. The molecule has 0 aromatic heterocycles. The lowest BCUT2D eigenvalue weighted by Crippen LogP contribution is -1.99. The zero-order valence-corrected chi connectivity index (χ0v) is 8.26. The highest BCUT2D eigenvalue weighted by atomic mass is 16.1. The molecule has 0 atom stereocenters. The van der Waals surface area contributed by atoms with E-state index in [0.29, 0.717) is 0 Å². The Morgan fingerprint density at radius 2 is 1.00 bits per heavy atom. The summed E-state index contributed by atoms with van der Waals surface area (Å²) in [6, 6.07) is 18.6. The van der Waals surface area contributed by atoms with Gasteiger partial charge in [0.1, 0.15) is 0 Å². The number of carbonyl (C=O) groups is 1. The minimum Gasteiger partial charge on any atom is -0.289 e. The maximum absolute atomic E-state index is 11.8. The fourth-order valence-electron chi connectivity index (χ4n) is 1.35. The van der Waals surface area contributed by atoms with Crippen LogP contribution in [0.1, 0.15) is 15.9 Å². The molecule has 0 aliphatic heterocycles. The zero-order valence-electron chi connectivity index (χ0n) is 8.26. The summed E-state index contributed by atoms with van der Waals surface area (Å²) in [5.41, 5.74) is 1.47. The van der Waals surface area contributed by atoms with E-state index in [4.69, 9.17) is 0 Å². The zero-order chi connectivity index (χ0) is 9.80. The lowest BCUT2D eigenvalue weighted by atomic mass is 10.0. The van der Waals surface area contributed by atoms with Gasteiger partial charge in [-0.1, -0.05) is 60.7 Å². The second-order valence-corrected chi connectivity index (χ2v) is 3.06.